The molecule has 1 atom stereocenters. The lowest BCUT2D eigenvalue weighted by molar-refractivity contribution is 0.0668. The van der Waals surface area contributed by atoms with Crippen LogP contribution < -0.4 is 4.90 Å². The van der Waals surface area contributed by atoms with Gasteiger partial charge in [-0.2, -0.15) is 8.78 Å². The van der Waals surface area contributed by atoms with Gasteiger partial charge in [-0.25, -0.2) is 4.98 Å². The van der Waals surface area contributed by atoms with Crippen LogP contribution in [0.2, 0.25) is 0 Å². The average Bonchev–Trinajstić information content (AvgIpc) is 2.91. The summed E-state index contributed by atoms with van der Waals surface area (Å²) in [6.07, 6.45) is 2.76. The average molecular weight is 279 g/mol. The number of aliphatic hydroxyl groups excluding tert-OH is 1. The molecule has 0 fully saturated rings. The van der Waals surface area contributed by atoms with Crippen LogP contribution in [0.15, 0.2) is 36.7 Å². The Hall–Kier alpha value is -1.95. The summed E-state index contributed by atoms with van der Waals surface area (Å²) >= 11 is 0. The molecule has 0 spiro atoms. The van der Waals surface area contributed by atoms with Gasteiger partial charge >= 0.3 is 6.55 Å². The molecule has 1 aromatic heterocycles. The van der Waals surface area contributed by atoms with Gasteiger partial charge in [0.05, 0.1) is 12.6 Å². The van der Waals surface area contributed by atoms with Crippen LogP contribution in [0.25, 0.3) is 0 Å². The highest BCUT2D eigenvalue weighted by Crippen LogP contribution is 2.34. The van der Waals surface area contributed by atoms with Crippen LogP contribution in [0.3, 0.4) is 0 Å². The third kappa shape index (κ3) is 2.27. The zero-order chi connectivity index (χ0) is 14.1. The molecule has 6 heteroatoms. The fraction of sp³-hybridized carbons (Fsp3) is 0.357. The Kier molecular flexibility index (Phi) is 3.40. The summed E-state index contributed by atoms with van der Waals surface area (Å²) in [6, 6.07) is 7.51. The first kappa shape index (κ1) is 13.1. The van der Waals surface area contributed by atoms with Gasteiger partial charge in [0.1, 0.15) is 5.82 Å². The van der Waals surface area contributed by atoms with Crippen molar-refractivity contribution in [1.82, 2.24) is 9.55 Å². The Morgan fingerprint density at radius 3 is 2.95 bits per heavy atom. The van der Waals surface area contributed by atoms with Crippen molar-refractivity contribution in [2.24, 2.45) is 0 Å². The third-order valence-corrected chi connectivity index (χ3v) is 3.60. The van der Waals surface area contributed by atoms with Crippen LogP contribution in [-0.2, 0) is 6.54 Å². The quantitative estimate of drug-likeness (QED) is 0.939. The Morgan fingerprint density at radius 1 is 1.35 bits per heavy atom. The molecule has 20 heavy (non-hydrogen) atoms. The van der Waals surface area contributed by atoms with Crippen molar-refractivity contribution in [1.29, 1.82) is 0 Å². The van der Waals surface area contributed by atoms with Crippen LogP contribution in [0.5, 0.6) is 0 Å². The van der Waals surface area contributed by atoms with E-state index in [9.17, 15) is 13.9 Å². The van der Waals surface area contributed by atoms with E-state index in [-0.39, 0.29) is 0 Å². The van der Waals surface area contributed by atoms with E-state index < -0.39 is 12.7 Å². The van der Waals surface area contributed by atoms with E-state index in [2.05, 4.69) is 4.98 Å². The van der Waals surface area contributed by atoms with Gasteiger partial charge in [0.25, 0.3) is 0 Å². The van der Waals surface area contributed by atoms with Crippen LogP contribution in [0.1, 0.15) is 30.5 Å². The number of imidazole rings is 1. The highest BCUT2D eigenvalue weighted by Gasteiger charge is 2.24. The zero-order valence-electron chi connectivity index (χ0n) is 10.8. The van der Waals surface area contributed by atoms with Crippen LogP contribution in [0, 0.1) is 0 Å². The number of halogens is 2. The fourth-order valence-electron chi connectivity index (χ4n) is 2.59. The molecular weight excluding hydrogens is 264 g/mol. The molecule has 0 saturated carbocycles. The maximum atomic E-state index is 12.8. The topological polar surface area (TPSA) is 41.3 Å². The van der Waals surface area contributed by atoms with Gasteiger partial charge in [-0.15, -0.1) is 0 Å². The minimum atomic E-state index is -2.59. The van der Waals surface area contributed by atoms with E-state index in [1.165, 1.54) is 12.4 Å². The monoisotopic (exact) mass is 279 g/mol. The van der Waals surface area contributed by atoms with Gasteiger partial charge in [-0.3, -0.25) is 4.57 Å². The van der Waals surface area contributed by atoms with Gasteiger partial charge in [0, 0.05) is 30.2 Å². The summed E-state index contributed by atoms with van der Waals surface area (Å²) in [5, 5.41) is 9.98. The second kappa shape index (κ2) is 5.20. The summed E-state index contributed by atoms with van der Waals surface area (Å²) in [5.41, 5.74) is 1.73. The largest absolute Gasteiger partial charge is 0.388 e. The third-order valence-electron chi connectivity index (χ3n) is 3.60. The highest BCUT2D eigenvalue weighted by molar-refractivity contribution is 5.56. The lowest BCUT2D eigenvalue weighted by Gasteiger charge is -2.33. The van der Waals surface area contributed by atoms with Crippen molar-refractivity contribution in [3.05, 3.63) is 48.0 Å². The number of hydrogen-bond donors (Lipinski definition) is 1. The SMILES string of the molecule is OC1CCN(Cc2nccn2C(F)F)c2ccccc21. The molecule has 1 unspecified atom stereocenters. The maximum absolute atomic E-state index is 12.8. The molecule has 3 rings (SSSR count). The molecule has 1 N–H and O–H groups in total. The fourth-order valence-corrected chi connectivity index (χ4v) is 2.59. The number of para-hydroxylation sites is 1. The standard InChI is InChI=1S/C14H15F2N3O/c15-14(16)19-8-6-17-13(19)9-18-7-5-12(20)10-3-1-2-4-11(10)18/h1-4,6,8,12,14,20H,5,7,9H2. The van der Waals surface area contributed by atoms with Crippen molar-refractivity contribution in [2.45, 2.75) is 25.6 Å². The molecule has 106 valence electrons. The number of aliphatic hydroxyl groups is 1. The molecule has 2 heterocycles. The molecular formula is C14H15F2N3O. The van der Waals surface area contributed by atoms with E-state index in [4.69, 9.17) is 0 Å². The zero-order valence-corrected chi connectivity index (χ0v) is 10.8. The van der Waals surface area contributed by atoms with E-state index in [1.54, 1.807) is 0 Å². The first-order valence-electron chi connectivity index (χ1n) is 6.48. The summed E-state index contributed by atoms with van der Waals surface area (Å²) in [5.74, 6) is 0.325. The Balaban J connectivity index is 1.89. The van der Waals surface area contributed by atoms with Crippen LogP contribution >= 0.6 is 0 Å². The molecule has 0 bridgehead atoms. The summed E-state index contributed by atoms with van der Waals surface area (Å²) in [7, 11) is 0. The first-order valence-corrected chi connectivity index (χ1v) is 6.48. The number of anilines is 1. The molecule has 4 nitrogen and oxygen atoms in total. The second-order valence-corrected chi connectivity index (χ2v) is 4.81. The summed E-state index contributed by atoms with van der Waals surface area (Å²) < 4.78 is 26.5. The van der Waals surface area contributed by atoms with Gasteiger partial charge < -0.3 is 10.0 Å². The first-order chi connectivity index (χ1) is 9.66. The number of hydrogen-bond acceptors (Lipinski definition) is 3. The maximum Gasteiger partial charge on any atom is 0.319 e. The van der Waals surface area contributed by atoms with Crippen LogP contribution in [-0.4, -0.2) is 21.2 Å². The molecule has 1 aliphatic rings. The molecule has 2 aromatic rings. The minimum Gasteiger partial charge on any atom is -0.388 e. The van der Waals surface area contributed by atoms with E-state index in [0.29, 0.717) is 25.3 Å². The normalized spacial score (nSPS) is 18.4. The molecule has 0 amide bonds. The number of aromatic nitrogens is 2. The Morgan fingerprint density at radius 2 is 2.15 bits per heavy atom. The van der Waals surface area contributed by atoms with Crippen molar-refractivity contribution in [3.8, 4) is 0 Å². The lowest BCUT2D eigenvalue weighted by atomic mass is 9.99. The number of benzene rings is 1. The minimum absolute atomic E-state index is 0.307. The van der Waals surface area contributed by atoms with Crippen molar-refractivity contribution < 1.29 is 13.9 Å². The number of alkyl halides is 2. The highest BCUT2D eigenvalue weighted by atomic mass is 19.3. The van der Waals surface area contributed by atoms with Crippen LogP contribution in [0.4, 0.5) is 14.5 Å². The van der Waals surface area contributed by atoms with Gasteiger partial charge in [-0.05, 0) is 12.5 Å². The lowest BCUT2D eigenvalue weighted by Crippen LogP contribution is -2.31. The molecule has 0 aliphatic carbocycles. The molecule has 1 aliphatic heterocycles. The van der Waals surface area contributed by atoms with Gasteiger partial charge in [0.15, 0.2) is 0 Å². The number of nitrogens with zero attached hydrogens (tertiary/aromatic N) is 3. The summed E-state index contributed by atoms with van der Waals surface area (Å²) in [4.78, 5) is 5.98. The predicted octanol–water partition coefficient (Wildman–Crippen LogP) is 2.72. The van der Waals surface area contributed by atoms with E-state index >= 15 is 0 Å². The van der Waals surface area contributed by atoms with Crippen molar-refractivity contribution in [2.75, 3.05) is 11.4 Å². The predicted molar refractivity (Wildman–Crippen MR) is 70.5 cm³/mol. The van der Waals surface area contributed by atoms with Crippen molar-refractivity contribution >= 4 is 5.69 Å². The smallest absolute Gasteiger partial charge is 0.319 e. The molecule has 1 aromatic carbocycles. The Bertz CT molecular complexity index is 600. The molecule has 0 radical (unpaired) electrons. The Labute approximate surface area is 115 Å². The number of fused-ring (bicyclic) bond motifs is 1. The molecule has 0 saturated heterocycles. The number of rotatable bonds is 3. The van der Waals surface area contributed by atoms with Crippen molar-refractivity contribution in [3.63, 3.8) is 0 Å². The van der Waals surface area contributed by atoms with Gasteiger partial charge in [0.2, 0.25) is 0 Å². The second-order valence-electron chi connectivity index (χ2n) is 4.81. The van der Waals surface area contributed by atoms with Gasteiger partial charge in [-0.1, -0.05) is 18.2 Å². The van der Waals surface area contributed by atoms with E-state index in [0.717, 1.165) is 15.8 Å². The summed E-state index contributed by atoms with van der Waals surface area (Å²) in [6.45, 7) is -1.66. The van der Waals surface area contributed by atoms with E-state index in [1.807, 2.05) is 29.2 Å².